The van der Waals surface area contributed by atoms with Crippen LogP contribution in [0, 0.1) is 0 Å². The Kier molecular flexibility index (Phi) is 4.03. The normalized spacial score (nSPS) is 10.9. The van der Waals surface area contributed by atoms with Crippen molar-refractivity contribution < 1.29 is 4.79 Å². The zero-order valence-corrected chi connectivity index (χ0v) is 14.5. The quantitative estimate of drug-likeness (QED) is 0.527. The number of pyridine rings is 1. The lowest BCUT2D eigenvalue weighted by Gasteiger charge is -2.04. The molecule has 1 aromatic carbocycles. The summed E-state index contributed by atoms with van der Waals surface area (Å²) in [4.78, 5) is 20.9. The summed E-state index contributed by atoms with van der Waals surface area (Å²) in [5.41, 5.74) is 4.29. The van der Waals surface area contributed by atoms with Gasteiger partial charge in [-0.1, -0.05) is 25.1 Å². The number of ketones is 1. The van der Waals surface area contributed by atoms with Gasteiger partial charge in [0, 0.05) is 29.2 Å². The summed E-state index contributed by atoms with van der Waals surface area (Å²) >= 11 is 1.52. The number of rotatable bonds is 5. The molecule has 0 aliphatic carbocycles. The average Bonchev–Trinajstić information content (AvgIpc) is 3.28. The van der Waals surface area contributed by atoms with Crippen LogP contribution >= 0.6 is 11.3 Å². The summed E-state index contributed by atoms with van der Waals surface area (Å²) in [6.07, 6.45) is 4.30. The van der Waals surface area contributed by atoms with Gasteiger partial charge in [-0.2, -0.15) is 0 Å². The summed E-state index contributed by atoms with van der Waals surface area (Å²) in [6, 6.07) is 13.4. The van der Waals surface area contributed by atoms with Crippen LogP contribution < -0.4 is 5.32 Å². The maximum absolute atomic E-state index is 11.9. The maximum atomic E-state index is 11.9. The molecule has 3 aromatic heterocycles. The van der Waals surface area contributed by atoms with E-state index in [1.807, 2.05) is 71.6 Å². The Morgan fingerprint density at radius 1 is 1.24 bits per heavy atom. The van der Waals surface area contributed by atoms with Gasteiger partial charge < -0.3 is 5.32 Å². The predicted molar refractivity (Wildman–Crippen MR) is 101 cm³/mol. The Hall–Kier alpha value is -2.99. The Morgan fingerprint density at radius 3 is 3.04 bits per heavy atom. The number of anilines is 2. The van der Waals surface area contributed by atoms with Gasteiger partial charge in [-0.05, 0) is 24.3 Å². The van der Waals surface area contributed by atoms with Crippen molar-refractivity contribution in [3.63, 3.8) is 0 Å². The van der Waals surface area contributed by atoms with E-state index < -0.39 is 0 Å². The molecule has 124 valence electrons. The molecule has 0 spiro atoms. The van der Waals surface area contributed by atoms with Crippen molar-refractivity contribution in [3.05, 3.63) is 65.8 Å². The minimum Gasteiger partial charge on any atom is -0.332 e. The minimum atomic E-state index is 0.134. The molecule has 4 aromatic rings. The van der Waals surface area contributed by atoms with E-state index in [9.17, 15) is 4.79 Å². The van der Waals surface area contributed by atoms with Gasteiger partial charge in [0.05, 0.1) is 11.9 Å². The molecule has 4 rings (SSSR count). The van der Waals surface area contributed by atoms with Gasteiger partial charge in [0.25, 0.3) is 0 Å². The van der Waals surface area contributed by atoms with Gasteiger partial charge in [-0.25, -0.2) is 9.97 Å². The zero-order valence-electron chi connectivity index (χ0n) is 13.6. The molecule has 0 radical (unpaired) electrons. The number of nitrogens with one attached hydrogen (secondary N) is 1. The number of thiazole rings is 1. The van der Waals surface area contributed by atoms with Gasteiger partial charge in [0.2, 0.25) is 0 Å². The van der Waals surface area contributed by atoms with Crippen LogP contribution in [0.4, 0.5) is 10.8 Å². The lowest BCUT2D eigenvalue weighted by atomic mass is 10.1. The molecule has 0 fully saturated rings. The van der Waals surface area contributed by atoms with Crippen LogP contribution in [0.5, 0.6) is 0 Å². The van der Waals surface area contributed by atoms with Crippen molar-refractivity contribution in [1.82, 2.24) is 14.4 Å². The molecule has 5 nitrogen and oxygen atoms in total. The third-order valence-corrected chi connectivity index (χ3v) is 4.70. The van der Waals surface area contributed by atoms with Crippen molar-refractivity contribution in [2.75, 3.05) is 5.32 Å². The van der Waals surface area contributed by atoms with Gasteiger partial charge in [0.15, 0.2) is 10.9 Å². The zero-order chi connectivity index (χ0) is 17.2. The number of nitrogens with zero attached hydrogens (tertiary/aromatic N) is 3. The van der Waals surface area contributed by atoms with E-state index in [-0.39, 0.29) is 5.78 Å². The van der Waals surface area contributed by atoms with Crippen LogP contribution in [-0.4, -0.2) is 20.2 Å². The van der Waals surface area contributed by atoms with E-state index in [0.717, 1.165) is 27.9 Å². The highest BCUT2D eigenvalue weighted by Crippen LogP contribution is 2.28. The second-order valence-corrected chi connectivity index (χ2v) is 6.45. The third kappa shape index (κ3) is 3.04. The predicted octanol–water partition coefficient (Wildman–Crippen LogP) is 4.79. The molecule has 6 heteroatoms. The number of imidazole rings is 1. The van der Waals surface area contributed by atoms with Crippen molar-refractivity contribution >= 4 is 33.6 Å². The van der Waals surface area contributed by atoms with E-state index in [4.69, 9.17) is 0 Å². The standard InChI is InChI=1S/C19H16N4OS/c1-2-17(24)13-6-5-7-14(10-13)21-19-22-15(12-25-19)16-11-20-18-8-3-4-9-23(16)18/h3-12H,2H2,1H3,(H,21,22). The Labute approximate surface area is 149 Å². The van der Waals surface area contributed by atoms with Crippen molar-refractivity contribution in [2.24, 2.45) is 0 Å². The molecule has 25 heavy (non-hydrogen) atoms. The summed E-state index contributed by atoms with van der Waals surface area (Å²) in [5.74, 6) is 0.134. The Morgan fingerprint density at radius 2 is 2.16 bits per heavy atom. The molecule has 0 bridgehead atoms. The van der Waals surface area contributed by atoms with Crippen molar-refractivity contribution in [3.8, 4) is 11.4 Å². The van der Waals surface area contributed by atoms with E-state index in [1.54, 1.807) is 0 Å². The highest BCUT2D eigenvalue weighted by Gasteiger charge is 2.10. The van der Waals surface area contributed by atoms with Crippen LogP contribution in [-0.2, 0) is 0 Å². The number of hydrogen-bond acceptors (Lipinski definition) is 5. The number of aromatic nitrogens is 3. The molecule has 0 saturated heterocycles. The van der Waals surface area contributed by atoms with E-state index in [0.29, 0.717) is 12.0 Å². The topological polar surface area (TPSA) is 59.3 Å². The van der Waals surface area contributed by atoms with E-state index >= 15 is 0 Å². The fourth-order valence-electron chi connectivity index (χ4n) is 2.67. The Bertz CT molecular complexity index is 1050. The van der Waals surface area contributed by atoms with Gasteiger partial charge in [-0.15, -0.1) is 11.3 Å². The average molecular weight is 348 g/mol. The summed E-state index contributed by atoms with van der Waals surface area (Å²) in [7, 11) is 0. The van der Waals surface area contributed by atoms with Crippen LogP contribution in [0.25, 0.3) is 17.0 Å². The second-order valence-electron chi connectivity index (χ2n) is 5.59. The van der Waals surface area contributed by atoms with Gasteiger partial charge >= 0.3 is 0 Å². The third-order valence-electron chi connectivity index (χ3n) is 3.94. The number of benzene rings is 1. The lowest BCUT2D eigenvalue weighted by molar-refractivity contribution is 0.0988. The molecular formula is C19H16N4OS. The minimum absolute atomic E-state index is 0.134. The van der Waals surface area contributed by atoms with E-state index in [2.05, 4.69) is 15.3 Å². The number of fused-ring (bicyclic) bond motifs is 1. The number of carbonyl (C=O) groups is 1. The molecule has 0 unspecified atom stereocenters. The molecule has 1 N–H and O–H groups in total. The SMILES string of the molecule is CCC(=O)c1cccc(Nc2nc(-c3cnc4ccccn34)cs2)c1. The smallest absolute Gasteiger partial charge is 0.187 e. The van der Waals surface area contributed by atoms with Crippen LogP contribution in [0.15, 0.2) is 60.2 Å². The van der Waals surface area contributed by atoms with Crippen LogP contribution in [0.1, 0.15) is 23.7 Å². The van der Waals surface area contributed by atoms with Gasteiger partial charge in [0.1, 0.15) is 11.3 Å². The molecule has 0 saturated carbocycles. The number of hydrogen-bond donors (Lipinski definition) is 1. The summed E-state index contributed by atoms with van der Waals surface area (Å²) in [5, 5.41) is 6.06. The lowest BCUT2D eigenvalue weighted by Crippen LogP contribution is -1.98. The first-order valence-corrected chi connectivity index (χ1v) is 8.91. The van der Waals surface area contributed by atoms with Crippen LogP contribution in [0.3, 0.4) is 0 Å². The second kappa shape index (κ2) is 6.49. The fraction of sp³-hybridized carbons (Fsp3) is 0.105. The number of Topliss-reactive ketones (excluding diaryl/α,β-unsaturated/α-hetero) is 1. The molecular weight excluding hydrogens is 332 g/mol. The fourth-order valence-corrected chi connectivity index (χ4v) is 3.39. The highest BCUT2D eigenvalue weighted by atomic mass is 32.1. The van der Waals surface area contributed by atoms with Crippen molar-refractivity contribution in [2.45, 2.75) is 13.3 Å². The van der Waals surface area contributed by atoms with Gasteiger partial charge in [-0.3, -0.25) is 9.20 Å². The van der Waals surface area contributed by atoms with Crippen LogP contribution in [0.2, 0.25) is 0 Å². The summed E-state index contributed by atoms with van der Waals surface area (Å²) in [6.45, 7) is 1.87. The maximum Gasteiger partial charge on any atom is 0.187 e. The van der Waals surface area contributed by atoms with E-state index in [1.165, 1.54) is 11.3 Å². The monoisotopic (exact) mass is 348 g/mol. The Balaban J connectivity index is 1.61. The largest absolute Gasteiger partial charge is 0.332 e. The first-order valence-electron chi connectivity index (χ1n) is 8.03. The molecule has 3 heterocycles. The molecule has 0 aliphatic rings. The summed E-state index contributed by atoms with van der Waals surface area (Å²) < 4.78 is 2.01. The molecule has 0 aliphatic heterocycles. The first-order chi connectivity index (χ1) is 12.2. The van der Waals surface area contributed by atoms with Crippen molar-refractivity contribution in [1.29, 1.82) is 0 Å². The number of carbonyl (C=O) groups excluding carboxylic acids is 1. The first kappa shape index (κ1) is 15.5. The molecule has 0 amide bonds. The molecule has 0 atom stereocenters. The highest BCUT2D eigenvalue weighted by molar-refractivity contribution is 7.14.